The van der Waals surface area contributed by atoms with E-state index in [9.17, 15) is 0 Å². The van der Waals surface area contributed by atoms with E-state index in [4.69, 9.17) is 5.73 Å². The van der Waals surface area contributed by atoms with Crippen LogP contribution in [0.4, 0.5) is 5.69 Å². The molecule has 3 rings (SSSR count). The number of benzene rings is 1. The lowest BCUT2D eigenvalue weighted by Crippen LogP contribution is -2.04. The molecule has 92 valence electrons. The van der Waals surface area contributed by atoms with E-state index in [1.807, 2.05) is 26.0 Å². The van der Waals surface area contributed by atoms with E-state index in [1.165, 1.54) is 0 Å². The summed E-state index contributed by atoms with van der Waals surface area (Å²) < 4.78 is 0. The molecular formula is C11H13N7. The fourth-order valence-electron chi connectivity index (χ4n) is 1.79. The van der Waals surface area contributed by atoms with Crippen LogP contribution < -0.4 is 5.73 Å². The number of nitrogens with one attached hydrogen (secondary N) is 1. The number of H-pyrrole nitrogens is 1. The average molecular weight is 243 g/mol. The third kappa shape index (κ3) is 1.60. The van der Waals surface area contributed by atoms with Crippen LogP contribution in [0.1, 0.15) is 19.9 Å². The lowest BCUT2D eigenvalue weighted by Gasteiger charge is -2.01. The van der Waals surface area contributed by atoms with Gasteiger partial charge in [-0.2, -0.15) is 4.80 Å². The van der Waals surface area contributed by atoms with Gasteiger partial charge in [0.15, 0.2) is 0 Å². The van der Waals surface area contributed by atoms with Gasteiger partial charge in [0.2, 0.25) is 5.82 Å². The fourth-order valence-corrected chi connectivity index (χ4v) is 1.79. The number of aromatic nitrogens is 6. The molecule has 0 atom stereocenters. The highest BCUT2D eigenvalue weighted by Crippen LogP contribution is 2.26. The number of nitrogen functional groups attached to an aromatic ring is 1. The molecule has 18 heavy (non-hydrogen) atoms. The van der Waals surface area contributed by atoms with Crippen LogP contribution in [0.5, 0.6) is 0 Å². The minimum Gasteiger partial charge on any atom is -0.399 e. The summed E-state index contributed by atoms with van der Waals surface area (Å²) in [5, 5.41) is 12.4. The smallest absolute Gasteiger partial charge is 0.207 e. The second-order valence-electron chi connectivity index (χ2n) is 4.39. The quantitative estimate of drug-likeness (QED) is 0.662. The largest absolute Gasteiger partial charge is 0.399 e. The Labute approximate surface area is 103 Å². The Morgan fingerprint density at radius 1 is 1.33 bits per heavy atom. The van der Waals surface area contributed by atoms with E-state index in [1.54, 1.807) is 11.1 Å². The number of rotatable bonds is 2. The first-order chi connectivity index (χ1) is 8.65. The topological polar surface area (TPSA) is 98.3 Å². The number of fused-ring (bicyclic) bond motifs is 1. The second-order valence-corrected chi connectivity index (χ2v) is 4.39. The maximum Gasteiger partial charge on any atom is 0.207 e. The number of aromatic amines is 1. The highest BCUT2D eigenvalue weighted by molar-refractivity contribution is 5.92. The number of tetrazole rings is 1. The van der Waals surface area contributed by atoms with Crippen molar-refractivity contribution in [2.75, 3.05) is 5.73 Å². The maximum atomic E-state index is 5.86. The Balaban J connectivity index is 2.20. The molecule has 0 aliphatic rings. The summed E-state index contributed by atoms with van der Waals surface area (Å²) in [6, 6.07) is 3.81. The van der Waals surface area contributed by atoms with Gasteiger partial charge in [-0.25, -0.2) is 4.98 Å². The van der Waals surface area contributed by atoms with Gasteiger partial charge < -0.3 is 10.7 Å². The van der Waals surface area contributed by atoms with E-state index in [0.29, 0.717) is 11.5 Å². The number of nitrogens with zero attached hydrogens (tertiary/aromatic N) is 5. The summed E-state index contributed by atoms with van der Waals surface area (Å²) in [6.45, 7) is 3.99. The molecule has 3 N–H and O–H groups in total. The van der Waals surface area contributed by atoms with Crippen LogP contribution in [0, 0.1) is 0 Å². The van der Waals surface area contributed by atoms with Crippen LogP contribution in [-0.4, -0.2) is 30.2 Å². The van der Waals surface area contributed by atoms with Gasteiger partial charge in [0.05, 0.1) is 29.0 Å². The zero-order valence-corrected chi connectivity index (χ0v) is 10.1. The fraction of sp³-hybridized carbons (Fsp3) is 0.273. The second kappa shape index (κ2) is 3.80. The number of nitrogens with two attached hydrogens (primary N) is 1. The van der Waals surface area contributed by atoms with E-state index < -0.39 is 0 Å². The van der Waals surface area contributed by atoms with Crippen molar-refractivity contribution in [3.8, 4) is 11.4 Å². The summed E-state index contributed by atoms with van der Waals surface area (Å²) in [5.41, 5.74) is 8.95. The van der Waals surface area contributed by atoms with Crippen LogP contribution in [-0.2, 0) is 0 Å². The van der Waals surface area contributed by atoms with Gasteiger partial charge in [0.25, 0.3) is 0 Å². The van der Waals surface area contributed by atoms with Gasteiger partial charge in [0, 0.05) is 5.69 Å². The average Bonchev–Trinajstić information content (AvgIpc) is 2.95. The van der Waals surface area contributed by atoms with E-state index >= 15 is 0 Å². The SMILES string of the molecule is CC(C)n1nnc(-c2cc(N)cc3[nH]cnc23)n1. The van der Waals surface area contributed by atoms with Gasteiger partial charge in [0.1, 0.15) is 0 Å². The molecule has 0 unspecified atom stereocenters. The minimum absolute atomic E-state index is 0.169. The minimum atomic E-state index is 0.169. The van der Waals surface area contributed by atoms with Crippen molar-refractivity contribution in [1.82, 2.24) is 30.2 Å². The maximum absolute atomic E-state index is 5.86. The molecule has 0 bridgehead atoms. The van der Waals surface area contributed by atoms with Crippen LogP contribution >= 0.6 is 0 Å². The molecule has 0 aliphatic carbocycles. The summed E-state index contributed by atoms with van der Waals surface area (Å²) in [6.07, 6.45) is 1.63. The van der Waals surface area contributed by atoms with Crippen molar-refractivity contribution >= 4 is 16.7 Å². The van der Waals surface area contributed by atoms with E-state index in [2.05, 4.69) is 25.4 Å². The zero-order chi connectivity index (χ0) is 12.7. The van der Waals surface area contributed by atoms with E-state index in [-0.39, 0.29) is 6.04 Å². The molecule has 0 amide bonds. The molecule has 7 heteroatoms. The lowest BCUT2D eigenvalue weighted by molar-refractivity contribution is 0.455. The first-order valence-corrected chi connectivity index (χ1v) is 5.67. The Kier molecular flexibility index (Phi) is 2.26. The summed E-state index contributed by atoms with van der Waals surface area (Å²) in [7, 11) is 0. The predicted molar refractivity (Wildman–Crippen MR) is 67.7 cm³/mol. The molecule has 0 saturated carbocycles. The van der Waals surface area contributed by atoms with Crippen LogP contribution in [0.15, 0.2) is 18.5 Å². The van der Waals surface area contributed by atoms with Gasteiger partial charge in [-0.1, -0.05) is 0 Å². The molecule has 7 nitrogen and oxygen atoms in total. The monoisotopic (exact) mass is 243 g/mol. The molecular weight excluding hydrogens is 230 g/mol. The zero-order valence-electron chi connectivity index (χ0n) is 10.1. The van der Waals surface area contributed by atoms with Gasteiger partial charge in [-0.05, 0) is 31.2 Å². The number of hydrogen-bond donors (Lipinski definition) is 2. The Hall–Kier alpha value is -2.44. The van der Waals surface area contributed by atoms with E-state index in [0.717, 1.165) is 16.6 Å². The number of hydrogen-bond acceptors (Lipinski definition) is 5. The molecule has 1 aromatic carbocycles. The van der Waals surface area contributed by atoms with Gasteiger partial charge in [-0.15, -0.1) is 10.2 Å². The highest BCUT2D eigenvalue weighted by atomic mass is 15.6. The molecule has 3 aromatic rings. The molecule has 0 radical (unpaired) electrons. The number of imidazole rings is 1. The summed E-state index contributed by atoms with van der Waals surface area (Å²) in [4.78, 5) is 8.85. The molecule has 0 saturated heterocycles. The van der Waals surface area contributed by atoms with Crippen molar-refractivity contribution in [3.63, 3.8) is 0 Å². The van der Waals surface area contributed by atoms with Crippen molar-refractivity contribution in [2.24, 2.45) is 0 Å². The molecule has 0 spiro atoms. The first kappa shape index (κ1) is 10.7. The third-order valence-corrected chi connectivity index (χ3v) is 2.68. The highest BCUT2D eigenvalue weighted by Gasteiger charge is 2.13. The van der Waals surface area contributed by atoms with Crippen molar-refractivity contribution < 1.29 is 0 Å². The predicted octanol–water partition coefficient (Wildman–Crippen LogP) is 1.38. The first-order valence-electron chi connectivity index (χ1n) is 5.67. The van der Waals surface area contributed by atoms with Crippen molar-refractivity contribution in [3.05, 3.63) is 18.5 Å². The van der Waals surface area contributed by atoms with Crippen molar-refractivity contribution in [1.29, 1.82) is 0 Å². The third-order valence-electron chi connectivity index (χ3n) is 2.68. The molecule has 0 aliphatic heterocycles. The number of anilines is 1. The van der Waals surface area contributed by atoms with Gasteiger partial charge in [-0.3, -0.25) is 0 Å². The normalized spacial score (nSPS) is 11.5. The summed E-state index contributed by atoms with van der Waals surface area (Å²) in [5.74, 6) is 0.535. The Bertz CT molecular complexity index is 694. The van der Waals surface area contributed by atoms with Crippen LogP contribution in [0.25, 0.3) is 22.4 Å². The Morgan fingerprint density at radius 3 is 2.89 bits per heavy atom. The van der Waals surface area contributed by atoms with Crippen molar-refractivity contribution in [2.45, 2.75) is 19.9 Å². The standard InChI is InChI=1S/C11H13N7/c1-6(2)18-16-11(15-17-18)8-3-7(12)4-9-10(8)14-5-13-9/h3-6H,12H2,1-2H3,(H,13,14). The summed E-state index contributed by atoms with van der Waals surface area (Å²) >= 11 is 0. The van der Waals surface area contributed by atoms with Gasteiger partial charge >= 0.3 is 0 Å². The lowest BCUT2D eigenvalue weighted by atomic mass is 10.1. The van der Waals surface area contributed by atoms with Crippen LogP contribution in [0.3, 0.4) is 0 Å². The molecule has 2 heterocycles. The molecule has 0 fully saturated rings. The molecule has 2 aromatic heterocycles. The Morgan fingerprint density at radius 2 is 2.17 bits per heavy atom. The van der Waals surface area contributed by atoms with Crippen LogP contribution in [0.2, 0.25) is 0 Å².